The van der Waals surface area contributed by atoms with Gasteiger partial charge in [0.15, 0.2) is 0 Å². The third-order valence-corrected chi connectivity index (χ3v) is 4.07. The van der Waals surface area contributed by atoms with Crippen LogP contribution in [0.25, 0.3) is 0 Å². The minimum atomic E-state index is -1.52. The normalized spacial score (nSPS) is 10.5. The molecule has 0 bridgehead atoms. The maximum atomic E-state index is 11.9. The van der Waals surface area contributed by atoms with Crippen LogP contribution in [-0.4, -0.2) is 40.7 Å². The molecule has 0 fully saturated rings. The highest BCUT2D eigenvalue weighted by molar-refractivity contribution is 6.58. The molecule has 0 spiro atoms. The molecule has 0 atom stereocenters. The lowest BCUT2D eigenvalue weighted by molar-refractivity contribution is -0.137. The van der Waals surface area contributed by atoms with E-state index in [9.17, 15) is 9.59 Å². The molecule has 1 rings (SSSR count). The first-order chi connectivity index (χ1) is 12.0. The molecule has 6 nitrogen and oxygen atoms in total. The molecule has 4 N–H and O–H groups in total. The summed E-state index contributed by atoms with van der Waals surface area (Å²) in [5.41, 5.74) is 0.866. The van der Waals surface area contributed by atoms with Gasteiger partial charge >= 0.3 is 13.1 Å². The first-order valence-electron chi connectivity index (χ1n) is 8.97. The molecule has 25 heavy (non-hydrogen) atoms. The Labute approximate surface area is 149 Å². The van der Waals surface area contributed by atoms with Gasteiger partial charge in [-0.1, -0.05) is 50.7 Å². The van der Waals surface area contributed by atoms with Gasteiger partial charge < -0.3 is 20.5 Å². The number of unbranched alkanes of at least 4 members (excludes halogenated alkanes) is 7. The lowest BCUT2D eigenvalue weighted by Gasteiger charge is -2.06. The highest BCUT2D eigenvalue weighted by atomic mass is 16.4. The molecule has 0 saturated carbocycles. The van der Waals surface area contributed by atoms with E-state index in [1.165, 1.54) is 12.1 Å². The van der Waals surface area contributed by atoms with Crippen LogP contribution in [0.2, 0.25) is 0 Å². The summed E-state index contributed by atoms with van der Waals surface area (Å²) in [6.45, 7) is 0.627. The third kappa shape index (κ3) is 9.89. The van der Waals surface area contributed by atoms with E-state index in [4.69, 9.17) is 15.2 Å². The number of carbonyl (C=O) groups is 2. The Kier molecular flexibility index (Phi) is 10.6. The maximum absolute atomic E-state index is 11.9. The van der Waals surface area contributed by atoms with Crippen molar-refractivity contribution in [2.24, 2.45) is 0 Å². The van der Waals surface area contributed by atoms with E-state index in [1.54, 1.807) is 12.1 Å². The number of rotatable bonds is 13. The molecule has 0 aliphatic rings. The van der Waals surface area contributed by atoms with Crippen LogP contribution >= 0.6 is 0 Å². The second-order valence-corrected chi connectivity index (χ2v) is 6.22. The van der Waals surface area contributed by atoms with Gasteiger partial charge in [0.25, 0.3) is 5.91 Å². The number of carboxylic acid groups (broad SMARTS) is 1. The number of hydrogen-bond donors (Lipinski definition) is 4. The van der Waals surface area contributed by atoms with Crippen molar-refractivity contribution in [2.45, 2.75) is 57.8 Å². The fourth-order valence-corrected chi connectivity index (χ4v) is 2.57. The highest BCUT2D eigenvalue weighted by Crippen LogP contribution is 2.09. The van der Waals surface area contributed by atoms with Crippen molar-refractivity contribution in [3.63, 3.8) is 0 Å². The van der Waals surface area contributed by atoms with E-state index < -0.39 is 13.1 Å². The molecule has 0 unspecified atom stereocenters. The summed E-state index contributed by atoms with van der Waals surface area (Å²) >= 11 is 0. The van der Waals surface area contributed by atoms with Gasteiger partial charge in [0, 0.05) is 18.5 Å². The maximum Gasteiger partial charge on any atom is 0.488 e. The largest absolute Gasteiger partial charge is 0.488 e. The Bertz CT molecular complexity index is 519. The summed E-state index contributed by atoms with van der Waals surface area (Å²) in [5, 5.41) is 29.4. The van der Waals surface area contributed by atoms with Gasteiger partial charge in [0.1, 0.15) is 0 Å². The standard InChI is InChI=1S/C18H28BNO5/c21-17(22)9-7-5-3-1-2-4-6-8-14-20-18(23)15-10-12-16(13-11-15)19(24)25/h10-13,24-25H,1-9,14H2,(H,20,23)(H,21,22). The molecule has 0 aliphatic carbocycles. The Hall–Kier alpha value is -1.86. The van der Waals surface area contributed by atoms with Crippen LogP contribution < -0.4 is 10.8 Å². The summed E-state index contributed by atoms with van der Waals surface area (Å²) in [6.07, 6.45) is 8.49. The molecule has 0 heterocycles. The molecule has 1 amide bonds. The summed E-state index contributed by atoms with van der Waals surface area (Å²) in [6, 6.07) is 6.20. The zero-order valence-corrected chi connectivity index (χ0v) is 14.6. The highest BCUT2D eigenvalue weighted by Gasteiger charge is 2.11. The molecule has 138 valence electrons. The van der Waals surface area contributed by atoms with E-state index in [0.29, 0.717) is 17.6 Å². The minimum absolute atomic E-state index is 0.155. The van der Waals surface area contributed by atoms with Crippen LogP contribution in [0, 0.1) is 0 Å². The summed E-state index contributed by atoms with van der Waals surface area (Å²) in [4.78, 5) is 22.3. The Morgan fingerprint density at radius 3 is 1.88 bits per heavy atom. The van der Waals surface area contributed by atoms with Gasteiger partial charge in [-0.15, -0.1) is 0 Å². The first kappa shape index (κ1) is 21.2. The lowest BCUT2D eigenvalue weighted by atomic mass is 9.80. The van der Waals surface area contributed by atoms with Gasteiger partial charge in [-0.25, -0.2) is 0 Å². The number of benzene rings is 1. The van der Waals surface area contributed by atoms with E-state index in [2.05, 4.69) is 5.32 Å². The van der Waals surface area contributed by atoms with Crippen LogP contribution in [0.15, 0.2) is 24.3 Å². The molecule has 0 saturated heterocycles. The van der Waals surface area contributed by atoms with Gasteiger partial charge in [-0.05, 0) is 30.4 Å². The number of nitrogens with one attached hydrogen (secondary N) is 1. The zero-order chi connectivity index (χ0) is 18.5. The lowest BCUT2D eigenvalue weighted by Crippen LogP contribution is -2.30. The summed E-state index contributed by atoms with van der Waals surface area (Å²) in [5.74, 6) is -0.874. The van der Waals surface area contributed by atoms with Crippen molar-refractivity contribution in [3.05, 3.63) is 29.8 Å². The fourth-order valence-electron chi connectivity index (χ4n) is 2.57. The number of amides is 1. The Morgan fingerprint density at radius 1 is 0.840 bits per heavy atom. The van der Waals surface area contributed by atoms with Gasteiger partial charge in [-0.3, -0.25) is 9.59 Å². The van der Waals surface area contributed by atoms with E-state index in [-0.39, 0.29) is 12.3 Å². The monoisotopic (exact) mass is 349 g/mol. The Morgan fingerprint density at radius 2 is 1.36 bits per heavy atom. The SMILES string of the molecule is O=C(O)CCCCCCCCCCNC(=O)c1ccc(B(O)O)cc1. The van der Waals surface area contributed by atoms with Crippen molar-refractivity contribution >= 4 is 24.5 Å². The van der Waals surface area contributed by atoms with Crippen LogP contribution in [0.1, 0.15) is 68.1 Å². The Balaban J connectivity index is 2.00. The topological polar surface area (TPSA) is 107 Å². The van der Waals surface area contributed by atoms with Crippen molar-refractivity contribution in [2.75, 3.05) is 6.54 Å². The van der Waals surface area contributed by atoms with Gasteiger partial charge in [-0.2, -0.15) is 0 Å². The van der Waals surface area contributed by atoms with Crippen LogP contribution in [-0.2, 0) is 4.79 Å². The average molecular weight is 349 g/mol. The molecular formula is C18H28BNO5. The third-order valence-electron chi connectivity index (χ3n) is 4.07. The number of carbonyl (C=O) groups excluding carboxylic acids is 1. The average Bonchev–Trinajstić information content (AvgIpc) is 2.59. The van der Waals surface area contributed by atoms with Crippen molar-refractivity contribution in [1.82, 2.24) is 5.32 Å². The number of aliphatic carboxylic acids is 1. The van der Waals surface area contributed by atoms with Gasteiger partial charge in [0.2, 0.25) is 0 Å². The molecule has 1 aromatic carbocycles. The quantitative estimate of drug-likeness (QED) is 0.320. The smallest absolute Gasteiger partial charge is 0.481 e. The summed E-state index contributed by atoms with van der Waals surface area (Å²) < 4.78 is 0. The number of hydrogen-bond acceptors (Lipinski definition) is 4. The molecule has 7 heteroatoms. The van der Waals surface area contributed by atoms with Crippen molar-refractivity contribution in [3.8, 4) is 0 Å². The summed E-state index contributed by atoms with van der Waals surface area (Å²) in [7, 11) is -1.52. The second-order valence-electron chi connectivity index (χ2n) is 6.22. The van der Waals surface area contributed by atoms with Crippen molar-refractivity contribution < 1.29 is 24.7 Å². The predicted molar refractivity (Wildman–Crippen MR) is 97.8 cm³/mol. The number of carboxylic acids is 1. The molecule has 1 aromatic rings. The second kappa shape index (κ2) is 12.5. The van der Waals surface area contributed by atoms with Gasteiger partial charge in [0.05, 0.1) is 0 Å². The van der Waals surface area contributed by atoms with Crippen LogP contribution in [0.5, 0.6) is 0 Å². The molecular weight excluding hydrogens is 321 g/mol. The minimum Gasteiger partial charge on any atom is -0.481 e. The molecule has 0 aromatic heterocycles. The van der Waals surface area contributed by atoms with Crippen LogP contribution in [0.4, 0.5) is 0 Å². The zero-order valence-electron chi connectivity index (χ0n) is 14.6. The molecule has 0 radical (unpaired) electrons. The molecule has 0 aliphatic heterocycles. The predicted octanol–water partition coefficient (Wildman–Crippen LogP) is 1.69. The van der Waals surface area contributed by atoms with E-state index >= 15 is 0 Å². The fraction of sp³-hybridized carbons (Fsp3) is 0.556. The van der Waals surface area contributed by atoms with Crippen LogP contribution in [0.3, 0.4) is 0 Å². The van der Waals surface area contributed by atoms with E-state index in [0.717, 1.165) is 51.4 Å². The first-order valence-corrected chi connectivity index (χ1v) is 8.97. The van der Waals surface area contributed by atoms with Crippen molar-refractivity contribution in [1.29, 1.82) is 0 Å². The van der Waals surface area contributed by atoms with E-state index in [1.807, 2.05) is 0 Å².